The first-order chi connectivity index (χ1) is 34.1. The van der Waals surface area contributed by atoms with Gasteiger partial charge < -0.3 is 52.4 Å². The van der Waals surface area contributed by atoms with Crippen LogP contribution in [0.1, 0.15) is 236 Å². The van der Waals surface area contributed by atoms with Crippen molar-refractivity contribution in [1.29, 1.82) is 0 Å². The number of fused-ring (bicyclic) bond motifs is 2. The van der Waals surface area contributed by atoms with Crippen LogP contribution in [-0.4, -0.2) is 60.8 Å². The average Bonchev–Trinajstić information content (AvgIpc) is 3.37. The first-order valence-corrected chi connectivity index (χ1v) is 28.6. The Bertz CT molecular complexity index is 1940. The number of quaternary nitrogens is 2. The van der Waals surface area contributed by atoms with Gasteiger partial charge in [0.2, 0.25) is 0 Å². The molecule has 0 saturated heterocycles. The van der Waals surface area contributed by atoms with Crippen molar-refractivity contribution in [3.63, 3.8) is 0 Å². The zero-order chi connectivity index (χ0) is 49.9. The standard InChI is InChI=1S/C64H96N2O4.2BrH/c1-7-11-15-19-23-29-45-65(5,46-30-24-20-16-12-8-2)49-53-35-39-55(40-36-53)51-69-59-43-44-60(62-61(59)63(67)57-33-27-28-34-58(57)64(62)68)70-52-56-41-37-54(38-42-56)50-66(6,47-31-25-21-17-13-9-3)48-32-26-22-18-14-10-4;;/h27-28,33-44H,7-26,29-32,45-52H2,1-6H3;2*1H/q+2;;/p-2. The molecule has 0 spiro atoms. The van der Waals surface area contributed by atoms with Gasteiger partial charge in [0.05, 0.1) is 51.4 Å². The van der Waals surface area contributed by atoms with E-state index < -0.39 is 0 Å². The van der Waals surface area contributed by atoms with E-state index in [1.54, 1.807) is 12.1 Å². The third-order valence-electron chi connectivity index (χ3n) is 15.2. The van der Waals surface area contributed by atoms with Gasteiger partial charge in [-0.25, -0.2) is 0 Å². The van der Waals surface area contributed by atoms with Crippen LogP contribution >= 0.6 is 0 Å². The Kier molecular flexibility index (Phi) is 30.7. The second kappa shape index (κ2) is 35.0. The van der Waals surface area contributed by atoms with Crippen molar-refractivity contribution >= 4 is 11.6 Å². The maximum absolute atomic E-state index is 14.3. The molecule has 6 nitrogen and oxygen atoms in total. The molecule has 1 aliphatic rings. The number of nitrogens with zero attached hydrogens (tertiary/aromatic N) is 2. The highest BCUT2D eigenvalue weighted by Gasteiger charge is 2.35. The second-order valence-electron chi connectivity index (χ2n) is 21.7. The van der Waals surface area contributed by atoms with Crippen molar-refractivity contribution in [3.05, 3.63) is 129 Å². The molecule has 0 bridgehead atoms. The number of ketones is 2. The molecule has 4 aromatic rings. The molecule has 0 N–H and O–H groups in total. The van der Waals surface area contributed by atoms with Crippen LogP contribution < -0.4 is 43.4 Å². The molecule has 8 heteroatoms. The number of rotatable bonds is 38. The van der Waals surface area contributed by atoms with Crippen LogP contribution in [0.2, 0.25) is 0 Å². The first-order valence-electron chi connectivity index (χ1n) is 28.6. The molecule has 0 amide bonds. The first kappa shape index (κ1) is 63.0. The summed E-state index contributed by atoms with van der Waals surface area (Å²) in [6.45, 7) is 16.7. The molecule has 400 valence electrons. The molecule has 0 saturated carbocycles. The van der Waals surface area contributed by atoms with Crippen molar-refractivity contribution in [2.24, 2.45) is 0 Å². The summed E-state index contributed by atoms with van der Waals surface area (Å²) in [6.07, 6.45) is 31.8. The minimum absolute atomic E-state index is 0. The SMILES string of the molecule is CCCCCCCC[N+](C)(CCCCCCCC)Cc1ccc(COc2ccc(OCc3ccc(C[N+](C)(CCCCCCCC)CCCCCCCC)cc3)c3c2C(=O)c2ccccc2C3=O)cc1.[Br-].[Br-]. The monoisotopic (exact) mass is 1110 g/mol. The molecule has 5 rings (SSSR count). The number of ether oxygens (including phenoxy) is 2. The van der Waals surface area contributed by atoms with Gasteiger partial charge in [0.15, 0.2) is 11.6 Å². The molecule has 1 aliphatic carbocycles. The summed E-state index contributed by atoms with van der Waals surface area (Å²) >= 11 is 0. The second-order valence-corrected chi connectivity index (χ2v) is 21.7. The molecular weight excluding hydrogens is 1020 g/mol. The van der Waals surface area contributed by atoms with E-state index in [0.29, 0.717) is 47.0 Å². The van der Waals surface area contributed by atoms with E-state index in [-0.39, 0.29) is 45.5 Å². The van der Waals surface area contributed by atoms with E-state index in [1.165, 1.54) is 191 Å². The zero-order valence-corrected chi connectivity index (χ0v) is 49.2. The maximum Gasteiger partial charge on any atom is 0.198 e. The molecule has 0 radical (unpaired) electrons. The van der Waals surface area contributed by atoms with Crippen molar-refractivity contribution in [3.8, 4) is 11.5 Å². The van der Waals surface area contributed by atoms with Gasteiger partial charge in [0.25, 0.3) is 0 Å². The Morgan fingerprint density at radius 1 is 0.347 bits per heavy atom. The van der Waals surface area contributed by atoms with Gasteiger partial charge in [0, 0.05) is 22.3 Å². The quantitative estimate of drug-likeness (QED) is 0.0292. The van der Waals surface area contributed by atoms with Crippen LogP contribution in [-0.2, 0) is 26.3 Å². The maximum atomic E-state index is 14.3. The van der Waals surface area contributed by atoms with Gasteiger partial charge >= 0.3 is 0 Å². The van der Waals surface area contributed by atoms with E-state index >= 15 is 0 Å². The fraction of sp³-hybridized carbons (Fsp3) is 0.594. The molecule has 0 atom stereocenters. The third-order valence-corrected chi connectivity index (χ3v) is 15.2. The van der Waals surface area contributed by atoms with Crippen molar-refractivity contribution < 1.29 is 62.0 Å². The highest BCUT2D eigenvalue weighted by Crippen LogP contribution is 2.39. The van der Waals surface area contributed by atoms with E-state index in [0.717, 1.165) is 33.2 Å². The molecule has 0 unspecified atom stereocenters. The summed E-state index contributed by atoms with van der Waals surface area (Å²) in [4.78, 5) is 28.6. The third kappa shape index (κ3) is 21.1. The number of carbonyl (C=O) groups is 2. The number of benzene rings is 4. The lowest BCUT2D eigenvalue weighted by molar-refractivity contribution is -0.923. The fourth-order valence-corrected chi connectivity index (χ4v) is 10.7. The van der Waals surface area contributed by atoms with Gasteiger partial charge in [-0.3, -0.25) is 9.59 Å². The minimum Gasteiger partial charge on any atom is -1.00 e. The summed E-state index contributed by atoms with van der Waals surface area (Å²) < 4.78 is 15.1. The van der Waals surface area contributed by atoms with Crippen molar-refractivity contribution in [2.45, 2.75) is 208 Å². The normalized spacial score (nSPS) is 12.2. The Morgan fingerprint density at radius 3 is 0.903 bits per heavy atom. The molecule has 0 aromatic heterocycles. The molecular formula is C64H96Br2N2O4. The number of hydrogen-bond acceptors (Lipinski definition) is 4. The van der Waals surface area contributed by atoms with Crippen LogP contribution in [0, 0.1) is 0 Å². The summed E-state index contributed by atoms with van der Waals surface area (Å²) in [6, 6.07) is 28.4. The lowest BCUT2D eigenvalue weighted by Crippen LogP contribution is -3.00. The van der Waals surface area contributed by atoms with Gasteiger partial charge in [0.1, 0.15) is 37.8 Å². The predicted molar refractivity (Wildman–Crippen MR) is 294 cm³/mol. The number of halogens is 2. The van der Waals surface area contributed by atoms with Gasteiger partial charge in [-0.05, 0) is 74.6 Å². The van der Waals surface area contributed by atoms with Crippen molar-refractivity contribution in [1.82, 2.24) is 0 Å². The molecule has 0 fully saturated rings. The average molecular weight is 1120 g/mol. The lowest BCUT2D eigenvalue weighted by atomic mass is 9.83. The molecule has 4 aromatic carbocycles. The largest absolute Gasteiger partial charge is 1.00 e. The molecule has 72 heavy (non-hydrogen) atoms. The van der Waals surface area contributed by atoms with E-state index in [1.807, 2.05) is 24.3 Å². The molecule has 0 heterocycles. The molecule has 0 aliphatic heterocycles. The Labute approximate surface area is 460 Å². The van der Waals surface area contributed by atoms with Crippen LogP contribution in [0.3, 0.4) is 0 Å². The van der Waals surface area contributed by atoms with Crippen LogP contribution in [0.4, 0.5) is 0 Å². The predicted octanol–water partition coefficient (Wildman–Crippen LogP) is 11.0. The zero-order valence-electron chi connectivity index (χ0n) is 46.0. The number of unbranched alkanes of at least 4 members (excludes halogenated alkanes) is 20. The van der Waals surface area contributed by atoms with Crippen molar-refractivity contribution in [2.75, 3.05) is 40.3 Å². The fourth-order valence-electron chi connectivity index (χ4n) is 10.7. The van der Waals surface area contributed by atoms with E-state index in [2.05, 4.69) is 90.3 Å². The highest BCUT2D eigenvalue weighted by molar-refractivity contribution is 6.30. The van der Waals surface area contributed by atoms with Gasteiger partial charge in [-0.2, -0.15) is 0 Å². The summed E-state index contributed by atoms with van der Waals surface area (Å²) in [5.41, 5.74) is 6.14. The Morgan fingerprint density at radius 2 is 0.611 bits per heavy atom. The Balaban J connectivity index is 0.00000684. The topological polar surface area (TPSA) is 52.6 Å². The number of hydrogen-bond donors (Lipinski definition) is 0. The lowest BCUT2D eigenvalue weighted by Gasteiger charge is -2.35. The van der Waals surface area contributed by atoms with Gasteiger partial charge in [-0.1, -0.05) is 203 Å². The van der Waals surface area contributed by atoms with Crippen LogP contribution in [0.5, 0.6) is 11.5 Å². The Hall–Kier alpha value is -3.30. The van der Waals surface area contributed by atoms with Gasteiger partial charge in [-0.15, -0.1) is 0 Å². The summed E-state index contributed by atoms with van der Waals surface area (Å²) in [5, 5.41) is 0. The summed E-state index contributed by atoms with van der Waals surface area (Å²) in [7, 11) is 4.92. The van der Waals surface area contributed by atoms with Crippen LogP contribution in [0.15, 0.2) is 84.9 Å². The number of carbonyl (C=O) groups excluding carboxylic acids is 2. The minimum atomic E-state index is -0.207. The van der Waals surface area contributed by atoms with E-state index in [4.69, 9.17) is 9.47 Å². The van der Waals surface area contributed by atoms with Crippen LogP contribution in [0.25, 0.3) is 0 Å². The smallest absolute Gasteiger partial charge is 0.198 e. The highest BCUT2D eigenvalue weighted by atomic mass is 79.9. The van der Waals surface area contributed by atoms with E-state index in [9.17, 15) is 9.59 Å². The summed E-state index contributed by atoms with van der Waals surface area (Å²) in [5.74, 6) is 0.408.